The summed E-state index contributed by atoms with van der Waals surface area (Å²) in [7, 11) is 1.61. The molecule has 0 amide bonds. The molecule has 0 saturated carbocycles. The summed E-state index contributed by atoms with van der Waals surface area (Å²) in [5, 5.41) is 13.8. The van der Waals surface area contributed by atoms with Crippen LogP contribution in [0.2, 0.25) is 0 Å². The van der Waals surface area contributed by atoms with E-state index in [-0.39, 0.29) is 12.7 Å². The molecule has 0 radical (unpaired) electrons. The highest BCUT2D eigenvalue weighted by atomic mass is 16.7. The number of nitrogens with one attached hydrogen (secondary N) is 1. The molecule has 0 fully saturated rings. The lowest BCUT2D eigenvalue weighted by molar-refractivity contribution is -0.142. The van der Waals surface area contributed by atoms with Crippen molar-refractivity contribution in [3.8, 4) is 17.2 Å². The first-order valence-corrected chi connectivity index (χ1v) is 11.1. The fraction of sp³-hybridized carbons (Fsp3) is 0.308. The van der Waals surface area contributed by atoms with Crippen LogP contribution in [0.1, 0.15) is 47.6 Å². The Morgan fingerprint density at radius 2 is 1.82 bits per heavy atom. The fourth-order valence-corrected chi connectivity index (χ4v) is 4.86. The van der Waals surface area contributed by atoms with Crippen LogP contribution >= 0.6 is 0 Å². The lowest BCUT2D eigenvalue weighted by Gasteiger charge is -2.22. The van der Waals surface area contributed by atoms with Gasteiger partial charge in [-0.3, -0.25) is 4.79 Å². The molecule has 7 heteroatoms. The van der Waals surface area contributed by atoms with Crippen molar-refractivity contribution in [2.45, 2.75) is 25.2 Å². The third-order valence-electron chi connectivity index (χ3n) is 6.38. The summed E-state index contributed by atoms with van der Waals surface area (Å²) in [6.07, 6.45) is 0.970. The van der Waals surface area contributed by atoms with Gasteiger partial charge >= 0.3 is 5.97 Å². The van der Waals surface area contributed by atoms with Crippen LogP contribution in [0.15, 0.2) is 54.6 Å². The van der Waals surface area contributed by atoms with Crippen LogP contribution in [0.3, 0.4) is 0 Å². The first-order chi connectivity index (χ1) is 16.1. The molecular weight excluding hydrogens is 420 g/mol. The smallest absolute Gasteiger partial charge is 0.308 e. The number of fused-ring (bicyclic) bond motifs is 2. The Kier molecular flexibility index (Phi) is 5.54. The minimum atomic E-state index is -0.862. The van der Waals surface area contributed by atoms with Gasteiger partial charge in [0.2, 0.25) is 6.79 Å². The molecule has 1 aromatic heterocycles. The number of ether oxygens (including phenoxy) is 3. The molecule has 3 unspecified atom stereocenters. The van der Waals surface area contributed by atoms with Crippen LogP contribution in [-0.2, 0) is 4.79 Å². The number of aliphatic carboxylic acids is 1. The van der Waals surface area contributed by atoms with E-state index in [4.69, 9.17) is 19.2 Å². The highest BCUT2D eigenvalue weighted by Crippen LogP contribution is 2.53. The third kappa shape index (κ3) is 3.73. The van der Waals surface area contributed by atoms with Gasteiger partial charge in [-0.15, -0.1) is 0 Å². The van der Waals surface area contributed by atoms with E-state index in [1.165, 1.54) is 0 Å². The summed E-state index contributed by atoms with van der Waals surface area (Å²) in [4.78, 5) is 17.6. The number of nitrogens with zero attached hydrogens (tertiary/aromatic N) is 1. The average molecular weight is 447 g/mol. The Hall–Kier alpha value is -3.74. The number of carboxylic acid groups (broad SMARTS) is 1. The van der Waals surface area contributed by atoms with Gasteiger partial charge in [-0.25, -0.2) is 4.98 Å². The molecule has 2 aromatic carbocycles. The van der Waals surface area contributed by atoms with Crippen LogP contribution < -0.4 is 19.5 Å². The van der Waals surface area contributed by atoms with Crippen LogP contribution in [0.4, 0.5) is 5.82 Å². The maximum atomic E-state index is 12.7. The zero-order chi connectivity index (χ0) is 22.9. The quantitative estimate of drug-likeness (QED) is 0.547. The number of aromatic nitrogens is 1. The van der Waals surface area contributed by atoms with Gasteiger partial charge in [-0.1, -0.05) is 31.2 Å². The second kappa shape index (κ2) is 8.65. The number of benzene rings is 2. The number of carbonyl (C=O) groups is 1. The SMILES string of the molecule is CCCNc1ccc2c(n1)C(c1ccc(OC)cc1)C(C(=O)O)C2c1ccc2c(c1)OCO2. The van der Waals surface area contributed by atoms with Gasteiger partial charge in [0.15, 0.2) is 11.5 Å². The van der Waals surface area contributed by atoms with E-state index >= 15 is 0 Å². The molecule has 170 valence electrons. The number of hydrogen-bond acceptors (Lipinski definition) is 6. The molecule has 1 aliphatic heterocycles. The van der Waals surface area contributed by atoms with Gasteiger partial charge < -0.3 is 24.6 Å². The molecule has 33 heavy (non-hydrogen) atoms. The van der Waals surface area contributed by atoms with E-state index < -0.39 is 17.8 Å². The standard InChI is InChI=1S/C26H26N2O5/c1-3-12-27-21-11-9-18-22(16-6-10-19-20(13-16)33-14-32-19)24(26(29)30)23(25(18)28-21)15-4-7-17(31-2)8-5-15/h4-11,13,22-24H,3,12,14H2,1-2H3,(H,27,28)(H,29,30). The Bertz CT molecular complexity index is 1180. The second-order valence-electron chi connectivity index (χ2n) is 8.30. The predicted octanol–water partition coefficient (Wildman–Crippen LogP) is 4.62. The minimum absolute atomic E-state index is 0.172. The number of anilines is 1. The lowest BCUT2D eigenvalue weighted by Crippen LogP contribution is -2.24. The molecule has 1 aliphatic carbocycles. The molecule has 7 nitrogen and oxygen atoms in total. The predicted molar refractivity (Wildman–Crippen MR) is 123 cm³/mol. The van der Waals surface area contributed by atoms with Crippen molar-refractivity contribution in [3.63, 3.8) is 0 Å². The average Bonchev–Trinajstić information content (AvgIpc) is 3.44. The fourth-order valence-electron chi connectivity index (χ4n) is 4.86. The van der Waals surface area contributed by atoms with E-state index in [1.54, 1.807) is 7.11 Å². The van der Waals surface area contributed by atoms with Crippen molar-refractivity contribution in [2.24, 2.45) is 5.92 Å². The number of hydrogen-bond donors (Lipinski definition) is 2. The van der Waals surface area contributed by atoms with Crippen LogP contribution in [0.25, 0.3) is 0 Å². The van der Waals surface area contributed by atoms with E-state index in [1.807, 2.05) is 54.6 Å². The van der Waals surface area contributed by atoms with Crippen molar-refractivity contribution < 1.29 is 24.1 Å². The monoisotopic (exact) mass is 446 g/mol. The van der Waals surface area contributed by atoms with Gasteiger partial charge in [0.1, 0.15) is 11.6 Å². The second-order valence-corrected chi connectivity index (χ2v) is 8.30. The molecule has 2 aliphatic rings. The summed E-state index contributed by atoms with van der Waals surface area (Å²) >= 11 is 0. The molecular formula is C26H26N2O5. The van der Waals surface area contributed by atoms with Crippen LogP contribution in [0, 0.1) is 5.92 Å². The Morgan fingerprint density at radius 1 is 1.06 bits per heavy atom. The van der Waals surface area contributed by atoms with Gasteiger partial charge in [0.25, 0.3) is 0 Å². The molecule has 5 rings (SSSR count). The molecule has 0 spiro atoms. The zero-order valence-corrected chi connectivity index (χ0v) is 18.6. The van der Waals surface area contributed by atoms with Crippen molar-refractivity contribution in [2.75, 3.05) is 25.8 Å². The van der Waals surface area contributed by atoms with Gasteiger partial charge in [0, 0.05) is 18.4 Å². The van der Waals surface area contributed by atoms with Crippen molar-refractivity contribution >= 4 is 11.8 Å². The maximum absolute atomic E-state index is 12.7. The normalized spacial score (nSPS) is 20.4. The topological polar surface area (TPSA) is 89.9 Å². The van der Waals surface area contributed by atoms with Crippen LogP contribution in [0.5, 0.6) is 17.2 Å². The highest BCUT2D eigenvalue weighted by molar-refractivity contribution is 5.77. The molecule has 3 aromatic rings. The van der Waals surface area contributed by atoms with E-state index in [0.29, 0.717) is 11.5 Å². The number of methoxy groups -OCH3 is 1. The lowest BCUT2D eigenvalue weighted by atomic mass is 9.80. The molecule has 3 atom stereocenters. The summed E-state index contributed by atoms with van der Waals surface area (Å²) in [5.41, 5.74) is 3.48. The Labute approximate surface area is 192 Å². The van der Waals surface area contributed by atoms with E-state index in [0.717, 1.165) is 46.9 Å². The van der Waals surface area contributed by atoms with Crippen LogP contribution in [-0.4, -0.2) is 36.5 Å². The summed E-state index contributed by atoms with van der Waals surface area (Å²) in [5.74, 6) is 0.441. The van der Waals surface area contributed by atoms with Crippen molar-refractivity contribution in [1.82, 2.24) is 4.98 Å². The number of pyridine rings is 1. The molecule has 0 bridgehead atoms. The Morgan fingerprint density at radius 3 is 2.55 bits per heavy atom. The first kappa shape index (κ1) is 21.1. The van der Waals surface area contributed by atoms with Crippen molar-refractivity contribution in [1.29, 1.82) is 0 Å². The first-order valence-electron chi connectivity index (χ1n) is 11.1. The molecule has 2 heterocycles. The summed E-state index contributed by atoms with van der Waals surface area (Å²) in [6.45, 7) is 3.06. The minimum Gasteiger partial charge on any atom is -0.497 e. The zero-order valence-electron chi connectivity index (χ0n) is 18.6. The van der Waals surface area contributed by atoms with Gasteiger partial charge in [-0.05, 0) is 53.4 Å². The van der Waals surface area contributed by atoms with Gasteiger partial charge in [-0.2, -0.15) is 0 Å². The van der Waals surface area contributed by atoms with Gasteiger partial charge in [0.05, 0.1) is 18.7 Å². The molecule has 2 N–H and O–H groups in total. The van der Waals surface area contributed by atoms with Crippen molar-refractivity contribution in [3.05, 3.63) is 77.0 Å². The van der Waals surface area contributed by atoms with E-state index in [2.05, 4.69) is 12.2 Å². The third-order valence-corrected chi connectivity index (χ3v) is 6.38. The number of carboxylic acids is 1. The van der Waals surface area contributed by atoms with E-state index in [9.17, 15) is 9.90 Å². The summed E-state index contributed by atoms with van der Waals surface area (Å²) < 4.78 is 16.3. The maximum Gasteiger partial charge on any atom is 0.308 e. The highest BCUT2D eigenvalue weighted by Gasteiger charge is 2.48. The largest absolute Gasteiger partial charge is 0.497 e. The number of rotatable bonds is 7. The Balaban J connectivity index is 1.66. The summed E-state index contributed by atoms with van der Waals surface area (Å²) in [6, 6.07) is 17.2. The molecule has 0 saturated heterocycles.